The zero-order valence-corrected chi connectivity index (χ0v) is 12.2. The van der Waals surface area contributed by atoms with E-state index in [0.717, 1.165) is 31.2 Å². The van der Waals surface area contributed by atoms with E-state index >= 15 is 0 Å². The van der Waals surface area contributed by atoms with Gasteiger partial charge in [-0.3, -0.25) is 4.79 Å². The molecule has 0 saturated heterocycles. The molecule has 1 aromatic heterocycles. The van der Waals surface area contributed by atoms with Crippen molar-refractivity contribution in [1.82, 2.24) is 4.98 Å². The number of pyridine rings is 1. The zero-order valence-electron chi connectivity index (χ0n) is 12.2. The van der Waals surface area contributed by atoms with Crippen molar-refractivity contribution >= 4 is 5.97 Å². The van der Waals surface area contributed by atoms with E-state index in [1.54, 1.807) is 13.1 Å². The number of halogens is 1. The van der Waals surface area contributed by atoms with Gasteiger partial charge in [-0.05, 0) is 63.0 Å². The van der Waals surface area contributed by atoms with E-state index in [1.807, 2.05) is 13.0 Å². The molecular formula is C16H22FNO2. The lowest BCUT2D eigenvalue weighted by atomic mass is 9.77. The number of rotatable bonds is 4. The van der Waals surface area contributed by atoms with Gasteiger partial charge in [-0.25, -0.2) is 4.98 Å². The average molecular weight is 279 g/mol. The Labute approximate surface area is 119 Å². The van der Waals surface area contributed by atoms with Crippen LogP contribution < -0.4 is 0 Å². The molecule has 1 heterocycles. The van der Waals surface area contributed by atoms with E-state index in [1.165, 1.54) is 0 Å². The minimum atomic E-state index is -0.365. The fourth-order valence-electron chi connectivity index (χ4n) is 3.10. The molecule has 1 aliphatic carbocycles. The van der Waals surface area contributed by atoms with Gasteiger partial charge in [0.25, 0.3) is 0 Å². The maximum Gasteiger partial charge on any atom is 0.306 e. The smallest absolute Gasteiger partial charge is 0.306 e. The van der Waals surface area contributed by atoms with Crippen molar-refractivity contribution in [2.24, 2.45) is 5.92 Å². The summed E-state index contributed by atoms with van der Waals surface area (Å²) in [5, 5.41) is 0. The largest absolute Gasteiger partial charge is 0.466 e. The van der Waals surface area contributed by atoms with Gasteiger partial charge in [0.05, 0.1) is 6.61 Å². The highest BCUT2D eigenvalue weighted by atomic mass is 19.1. The van der Waals surface area contributed by atoms with Gasteiger partial charge in [-0.1, -0.05) is 0 Å². The summed E-state index contributed by atoms with van der Waals surface area (Å²) in [7, 11) is 0. The third-order valence-electron chi connectivity index (χ3n) is 4.23. The van der Waals surface area contributed by atoms with Crippen molar-refractivity contribution in [1.29, 1.82) is 0 Å². The summed E-state index contributed by atoms with van der Waals surface area (Å²) < 4.78 is 18.5. The fourth-order valence-corrected chi connectivity index (χ4v) is 3.10. The van der Waals surface area contributed by atoms with Gasteiger partial charge in [-0.2, -0.15) is 4.39 Å². The van der Waals surface area contributed by atoms with Crippen molar-refractivity contribution in [2.75, 3.05) is 6.61 Å². The molecule has 0 spiro atoms. The molecule has 0 amide bonds. The van der Waals surface area contributed by atoms with E-state index in [4.69, 9.17) is 4.74 Å². The van der Waals surface area contributed by atoms with Crippen LogP contribution in [0.25, 0.3) is 0 Å². The van der Waals surface area contributed by atoms with Crippen LogP contribution in [0.3, 0.4) is 0 Å². The fraction of sp³-hybridized carbons (Fsp3) is 0.625. The molecule has 2 rings (SSSR count). The van der Waals surface area contributed by atoms with Crippen molar-refractivity contribution < 1.29 is 13.9 Å². The summed E-state index contributed by atoms with van der Waals surface area (Å²) in [6.45, 7) is 4.07. The molecule has 4 heteroatoms. The Morgan fingerprint density at radius 2 is 2.10 bits per heavy atom. The van der Waals surface area contributed by atoms with Gasteiger partial charge in [-0.15, -0.1) is 0 Å². The molecule has 0 atom stereocenters. The number of carbonyl (C=O) groups is 1. The molecule has 0 radical (unpaired) electrons. The van der Waals surface area contributed by atoms with E-state index in [9.17, 15) is 9.18 Å². The second-order valence-electron chi connectivity index (χ2n) is 5.54. The van der Waals surface area contributed by atoms with Crippen molar-refractivity contribution in [3.63, 3.8) is 0 Å². The quantitative estimate of drug-likeness (QED) is 0.622. The van der Waals surface area contributed by atoms with Gasteiger partial charge >= 0.3 is 5.97 Å². The second-order valence-corrected chi connectivity index (χ2v) is 5.54. The van der Waals surface area contributed by atoms with Gasteiger partial charge in [0.2, 0.25) is 5.95 Å². The predicted molar refractivity (Wildman–Crippen MR) is 74.9 cm³/mol. The molecule has 1 aromatic rings. The Morgan fingerprint density at radius 3 is 2.75 bits per heavy atom. The van der Waals surface area contributed by atoms with E-state index in [0.29, 0.717) is 30.4 Å². The summed E-state index contributed by atoms with van der Waals surface area (Å²) in [5.41, 5.74) is 1.74. The highest BCUT2D eigenvalue weighted by Gasteiger charge is 2.25. The standard InChI is InChI=1S/C16H22FNO2/c1-3-20-15(19)10-12-4-6-13(7-5-12)14-8-9-18-16(17)11(14)2/h8-9,12-13H,3-7,10H2,1-2H3/t12-,13+. The summed E-state index contributed by atoms with van der Waals surface area (Å²) >= 11 is 0. The lowest BCUT2D eigenvalue weighted by Gasteiger charge is -2.29. The lowest BCUT2D eigenvalue weighted by molar-refractivity contribution is -0.144. The Kier molecular flexibility index (Phi) is 5.10. The molecule has 0 N–H and O–H groups in total. The van der Waals surface area contributed by atoms with Crippen molar-refractivity contribution in [2.45, 2.75) is 51.9 Å². The van der Waals surface area contributed by atoms with E-state index in [2.05, 4.69) is 4.98 Å². The highest BCUT2D eigenvalue weighted by molar-refractivity contribution is 5.69. The number of hydrogen-bond donors (Lipinski definition) is 0. The molecule has 0 bridgehead atoms. The third kappa shape index (κ3) is 3.56. The average Bonchev–Trinajstić information content (AvgIpc) is 2.43. The third-order valence-corrected chi connectivity index (χ3v) is 4.23. The number of ether oxygens (including phenoxy) is 1. The number of aromatic nitrogens is 1. The minimum absolute atomic E-state index is 0.0953. The van der Waals surface area contributed by atoms with Crippen molar-refractivity contribution in [3.8, 4) is 0 Å². The Balaban J connectivity index is 1.91. The van der Waals surface area contributed by atoms with E-state index < -0.39 is 0 Å². The predicted octanol–water partition coefficient (Wildman–Crippen LogP) is 3.76. The maximum absolute atomic E-state index is 13.5. The molecule has 1 aliphatic rings. The first kappa shape index (κ1) is 14.9. The Morgan fingerprint density at radius 1 is 1.40 bits per heavy atom. The van der Waals surface area contributed by atoms with Crippen LogP contribution in [0.2, 0.25) is 0 Å². The number of esters is 1. The molecule has 0 unspecified atom stereocenters. The van der Waals surface area contributed by atoms with Gasteiger partial charge in [0.1, 0.15) is 0 Å². The number of carbonyl (C=O) groups excluding carboxylic acids is 1. The van der Waals surface area contributed by atoms with Crippen LogP contribution in [-0.2, 0) is 9.53 Å². The molecule has 20 heavy (non-hydrogen) atoms. The second kappa shape index (κ2) is 6.82. The molecule has 110 valence electrons. The molecule has 1 fully saturated rings. The molecule has 0 aromatic carbocycles. The zero-order chi connectivity index (χ0) is 14.5. The van der Waals surface area contributed by atoms with E-state index in [-0.39, 0.29) is 11.9 Å². The molecular weight excluding hydrogens is 257 g/mol. The first-order valence-corrected chi connectivity index (χ1v) is 7.38. The monoisotopic (exact) mass is 279 g/mol. The van der Waals surface area contributed by atoms with Gasteiger partial charge in [0.15, 0.2) is 0 Å². The Bertz CT molecular complexity index is 468. The molecule has 1 saturated carbocycles. The summed E-state index contributed by atoms with van der Waals surface area (Å²) in [6.07, 6.45) is 6.09. The topological polar surface area (TPSA) is 39.2 Å². The first-order chi connectivity index (χ1) is 9.61. The van der Waals surface area contributed by atoms with Gasteiger partial charge < -0.3 is 4.74 Å². The summed E-state index contributed by atoms with van der Waals surface area (Å²) in [5.74, 6) is 0.349. The molecule has 0 aliphatic heterocycles. The minimum Gasteiger partial charge on any atom is -0.466 e. The Hall–Kier alpha value is -1.45. The maximum atomic E-state index is 13.5. The summed E-state index contributed by atoms with van der Waals surface area (Å²) in [6, 6.07) is 1.93. The van der Waals surface area contributed by atoms with Crippen LogP contribution in [-0.4, -0.2) is 17.6 Å². The number of nitrogens with zero attached hydrogens (tertiary/aromatic N) is 1. The first-order valence-electron chi connectivity index (χ1n) is 7.38. The van der Waals surface area contributed by atoms with Crippen molar-refractivity contribution in [3.05, 3.63) is 29.3 Å². The summed E-state index contributed by atoms with van der Waals surface area (Å²) in [4.78, 5) is 15.2. The highest BCUT2D eigenvalue weighted by Crippen LogP contribution is 2.38. The van der Waals surface area contributed by atoms with Crippen LogP contribution in [0, 0.1) is 18.8 Å². The molecule has 3 nitrogen and oxygen atoms in total. The van der Waals surface area contributed by atoms with Crippen LogP contribution >= 0.6 is 0 Å². The van der Waals surface area contributed by atoms with Gasteiger partial charge in [0, 0.05) is 18.2 Å². The van der Waals surface area contributed by atoms with Crippen LogP contribution in [0.15, 0.2) is 12.3 Å². The van der Waals surface area contributed by atoms with Crippen LogP contribution in [0.4, 0.5) is 4.39 Å². The SMILES string of the molecule is CCOC(=O)C[C@H]1CC[C@@H](c2ccnc(F)c2C)CC1. The number of hydrogen-bond acceptors (Lipinski definition) is 3. The normalized spacial score (nSPS) is 22.6. The van der Waals surface area contributed by atoms with Crippen LogP contribution in [0.1, 0.15) is 56.1 Å². The van der Waals surface area contributed by atoms with Crippen LogP contribution in [0.5, 0.6) is 0 Å². The lowest BCUT2D eigenvalue weighted by Crippen LogP contribution is -2.18.